The van der Waals surface area contributed by atoms with Crippen LogP contribution in [0.15, 0.2) is 30.3 Å². The molecule has 4 aliphatic heterocycles. The number of hydrogen-bond donors (Lipinski definition) is 0. The minimum absolute atomic E-state index is 0.00975. The van der Waals surface area contributed by atoms with Crippen molar-refractivity contribution >= 4 is 12.1 Å². The molecule has 0 spiro atoms. The Balaban J connectivity index is 1.50. The quantitative estimate of drug-likeness (QED) is 0.708. The fourth-order valence-corrected chi connectivity index (χ4v) is 5.06. The molecule has 4 saturated heterocycles. The van der Waals surface area contributed by atoms with Crippen molar-refractivity contribution in [3.8, 4) is 0 Å². The number of fused-ring (bicyclic) bond motifs is 3. The average molecular weight is 415 g/mol. The standard InChI is InChI=1S/C24H34N2O4/c1-23(2,3)30-22(28)26-15-11-24(12-16-26,19-7-5-4-6-8-19)21(27)29-20-17-25-13-9-18(20)10-14-25/h4-8,18,20H,9-17H2,1-3H3/t20-/m0/s1. The van der Waals surface area contributed by atoms with Crippen molar-refractivity contribution in [1.29, 1.82) is 0 Å². The summed E-state index contributed by atoms with van der Waals surface area (Å²) in [6.07, 6.45) is 3.01. The van der Waals surface area contributed by atoms with Gasteiger partial charge in [-0.05, 0) is 71.0 Å². The molecule has 0 unspecified atom stereocenters. The van der Waals surface area contributed by atoms with Crippen LogP contribution in [0.2, 0.25) is 0 Å². The van der Waals surface area contributed by atoms with Gasteiger partial charge in [0.1, 0.15) is 11.7 Å². The van der Waals surface area contributed by atoms with E-state index in [4.69, 9.17) is 9.47 Å². The van der Waals surface area contributed by atoms with E-state index in [2.05, 4.69) is 4.90 Å². The number of amides is 1. The minimum atomic E-state index is -0.703. The van der Waals surface area contributed by atoms with E-state index in [0.29, 0.717) is 31.8 Å². The highest BCUT2D eigenvalue weighted by Crippen LogP contribution is 2.39. The molecule has 1 aromatic rings. The SMILES string of the molecule is CC(C)(C)OC(=O)N1CCC(C(=O)O[C@H]2CN3CCC2CC3)(c2ccccc2)CC1. The van der Waals surface area contributed by atoms with Crippen molar-refractivity contribution in [3.63, 3.8) is 0 Å². The highest BCUT2D eigenvalue weighted by molar-refractivity contribution is 5.84. The van der Waals surface area contributed by atoms with Gasteiger partial charge in [0.05, 0.1) is 5.41 Å². The Morgan fingerprint density at radius 2 is 1.63 bits per heavy atom. The van der Waals surface area contributed by atoms with Gasteiger partial charge in [0.2, 0.25) is 0 Å². The molecule has 0 radical (unpaired) electrons. The zero-order chi connectivity index (χ0) is 21.4. The van der Waals surface area contributed by atoms with E-state index in [1.165, 1.54) is 0 Å². The summed E-state index contributed by atoms with van der Waals surface area (Å²) in [4.78, 5) is 30.2. The molecular formula is C24H34N2O4. The summed E-state index contributed by atoms with van der Waals surface area (Å²) >= 11 is 0. The van der Waals surface area contributed by atoms with Crippen LogP contribution in [0.4, 0.5) is 4.79 Å². The number of ether oxygens (including phenoxy) is 2. The van der Waals surface area contributed by atoms with E-state index in [-0.39, 0.29) is 18.2 Å². The topological polar surface area (TPSA) is 59.1 Å². The smallest absolute Gasteiger partial charge is 0.410 e. The molecule has 0 N–H and O–H groups in total. The Morgan fingerprint density at radius 3 is 2.17 bits per heavy atom. The predicted octanol–water partition coefficient (Wildman–Crippen LogP) is 3.59. The molecule has 0 aromatic heterocycles. The Labute approximate surface area is 179 Å². The molecule has 4 heterocycles. The second kappa shape index (κ2) is 8.22. The third-order valence-corrected chi connectivity index (χ3v) is 6.84. The number of piperidine rings is 4. The first-order valence-corrected chi connectivity index (χ1v) is 11.2. The monoisotopic (exact) mass is 414 g/mol. The highest BCUT2D eigenvalue weighted by atomic mass is 16.6. The molecule has 6 nitrogen and oxygen atoms in total. The number of carbonyl (C=O) groups is 2. The maximum absolute atomic E-state index is 13.6. The van der Waals surface area contributed by atoms with Crippen molar-refractivity contribution in [2.24, 2.45) is 5.92 Å². The molecule has 1 amide bonds. The number of hydrogen-bond acceptors (Lipinski definition) is 5. The lowest BCUT2D eigenvalue weighted by Gasteiger charge is -2.46. The summed E-state index contributed by atoms with van der Waals surface area (Å²) in [6, 6.07) is 9.94. The molecule has 4 aliphatic rings. The summed E-state index contributed by atoms with van der Waals surface area (Å²) < 4.78 is 11.7. The van der Waals surface area contributed by atoms with Crippen molar-refractivity contribution in [2.45, 2.75) is 63.6 Å². The molecule has 2 bridgehead atoms. The van der Waals surface area contributed by atoms with Gasteiger partial charge in [-0.15, -0.1) is 0 Å². The number of nitrogens with zero attached hydrogens (tertiary/aromatic N) is 2. The molecule has 1 aromatic carbocycles. The fourth-order valence-electron chi connectivity index (χ4n) is 5.06. The number of rotatable bonds is 3. The molecule has 0 aliphatic carbocycles. The van der Waals surface area contributed by atoms with Crippen LogP contribution in [0.3, 0.4) is 0 Å². The largest absolute Gasteiger partial charge is 0.460 e. The van der Waals surface area contributed by atoms with E-state index in [9.17, 15) is 9.59 Å². The van der Waals surface area contributed by atoms with Gasteiger partial charge in [-0.25, -0.2) is 4.79 Å². The van der Waals surface area contributed by atoms with Crippen LogP contribution in [0.5, 0.6) is 0 Å². The summed E-state index contributed by atoms with van der Waals surface area (Å²) in [5, 5.41) is 0. The van der Waals surface area contributed by atoms with Gasteiger partial charge in [-0.3, -0.25) is 9.69 Å². The number of likely N-dealkylation sites (tertiary alicyclic amines) is 1. The van der Waals surface area contributed by atoms with Crippen LogP contribution in [0.25, 0.3) is 0 Å². The summed E-state index contributed by atoms with van der Waals surface area (Å²) in [6.45, 7) is 9.67. The minimum Gasteiger partial charge on any atom is -0.460 e. The van der Waals surface area contributed by atoms with Crippen LogP contribution < -0.4 is 0 Å². The number of carbonyl (C=O) groups excluding carboxylic acids is 2. The Morgan fingerprint density at radius 1 is 1.00 bits per heavy atom. The lowest BCUT2D eigenvalue weighted by molar-refractivity contribution is -0.168. The van der Waals surface area contributed by atoms with Gasteiger partial charge < -0.3 is 14.4 Å². The van der Waals surface area contributed by atoms with E-state index >= 15 is 0 Å². The third-order valence-electron chi connectivity index (χ3n) is 6.84. The predicted molar refractivity (Wildman–Crippen MR) is 114 cm³/mol. The zero-order valence-corrected chi connectivity index (χ0v) is 18.4. The lowest BCUT2D eigenvalue weighted by atomic mass is 9.72. The highest BCUT2D eigenvalue weighted by Gasteiger charge is 2.47. The summed E-state index contributed by atoms with van der Waals surface area (Å²) in [7, 11) is 0. The van der Waals surface area contributed by atoms with E-state index < -0.39 is 11.0 Å². The molecule has 30 heavy (non-hydrogen) atoms. The normalized spacial score (nSPS) is 28.1. The fraction of sp³-hybridized carbons (Fsp3) is 0.667. The van der Waals surface area contributed by atoms with Crippen LogP contribution in [0, 0.1) is 5.92 Å². The van der Waals surface area contributed by atoms with E-state index in [0.717, 1.165) is 38.0 Å². The molecule has 5 rings (SSSR count). The first kappa shape index (κ1) is 21.2. The third kappa shape index (κ3) is 4.34. The van der Waals surface area contributed by atoms with Crippen molar-refractivity contribution in [3.05, 3.63) is 35.9 Å². The number of esters is 1. The van der Waals surface area contributed by atoms with Gasteiger partial charge in [-0.1, -0.05) is 30.3 Å². The van der Waals surface area contributed by atoms with Crippen molar-refractivity contribution in [1.82, 2.24) is 9.80 Å². The molecule has 1 atom stereocenters. The first-order chi connectivity index (χ1) is 14.3. The van der Waals surface area contributed by atoms with Crippen LogP contribution in [-0.4, -0.2) is 66.3 Å². The Bertz CT molecular complexity index is 757. The Hall–Kier alpha value is -2.08. The van der Waals surface area contributed by atoms with Crippen molar-refractivity contribution in [2.75, 3.05) is 32.7 Å². The Kier molecular flexibility index (Phi) is 5.80. The average Bonchev–Trinajstić information content (AvgIpc) is 2.74. The maximum Gasteiger partial charge on any atom is 0.410 e. The molecule has 164 valence electrons. The number of benzene rings is 1. The molecule has 6 heteroatoms. The van der Waals surface area contributed by atoms with Crippen LogP contribution >= 0.6 is 0 Å². The van der Waals surface area contributed by atoms with Gasteiger partial charge in [-0.2, -0.15) is 0 Å². The molecule has 0 saturated carbocycles. The second-order valence-corrected chi connectivity index (χ2v) is 10.00. The van der Waals surface area contributed by atoms with Crippen molar-refractivity contribution < 1.29 is 19.1 Å². The van der Waals surface area contributed by atoms with Gasteiger partial charge in [0, 0.05) is 19.6 Å². The van der Waals surface area contributed by atoms with Gasteiger partial charge >= 0.3 is 12.1 Å². The summed E-state index contributed by atoms with van der Waals surface area (Å²) in [5.41, 5.74) is -0.245. The van der Waals surface area contributed by atoms with E-state index in [1.807, 2.05) is 51.1 Å². The zero-order valence-electron chi connectivity index (χ0n) is 18.4. The molecule has 4 fully saturated rings. The van der Waals surface area contributed by atoms with Crippen LogP contribution in [-0.2, 0) is 19.7 Å². The first-order valence-electron chi connectivity index (χ1n) is 11.2. The van der Waals surface area contributed by atoms with Gasteiger partial charge in [0.25, 0.3) is 0 Å². The van der Waals surface area contributed by atoms with Crippen LogP contribution in [0.1, 0.15) is 52.0 Å². The summed E-state index contributed by atoms with van der Waals surface area (Å²) in [5.74, 6) is 0.352. The molecular weight excluding hydrogens is 380 g/mol. The second-order valence-electron chi connectivity index (χ2n) is 10.00. The maximum atomic E-state index is 13.6. The van der Waals surface area contributed by atoms with Gasteiger partial charge in [0.15, 0.2) is 0 Å². The van der Waals surface area contributed by atoms with E-state index in [1.54, 1.807) is 4.90 Å². The lowest BCUT2D eigenvalue weighted by Crippen LogP contribution is -2.55.